The van der Waals surface area contributed by atoms with E-state index in [1.807, 2.05) is 0 Å². The lowest BCUT2D eigenvalue weighted by Crippen LogP contribution is -2.12. The summed E-state index contributed by atoms with van der Waals surface area (Å²) in [5.41, 5.74) is 6.83. The summed E-state index contributed by atoms with van der Waals surface area (Å²) in [6, 6.07) is 6.24. The van der Waals surface area contributed by atoms with E-state index in [9.17, 15) is 8.42 Å². The van der Waals surface area contributed by atoms with Crippen molar-refractivity contribution in [3.05, 3.63) is 41.2 Å². The van der Waals surface area contributed by atoms with Crippen molar-refractivity contribution in [1.29, 1.82) is 0 Å². The molecule has 0 saturated carbocycles. The van der Waals surface area contributed by atoms with Crippen LogP contribution in [-0.4, -0.2) is 24.0 Å². The molecular formula is C12H14ClN3O2S. The topological polar surface area (TPSA) is 78.0 Å². The Morgan fingerprint density at radius 2 is 2.11 bits per heavy atom. The second kappa shape index (κ2) is 5.22. The zero-order valence-electron chi connectivity index (χ0n) is 10.4. The maximum Gasteiger partial charge on any atom is 0.180 e. The molecule has 2 N–H and O–H groups in total. The summed E-state index contributed by atoms with van der Waals surface area (Å²) in [4.78, 5) is 0.0799. The highest BCUT2D eigenvalue weighted by atomic mass is 35.5. The molecule has 1 heterocycles. The summed E-state index contributed by atoms with van der Waals surface area (Å²) >= 11 is 5.92. The van der Waals surface area contributed by atoms with Crippen LogP contribution in [0, 0.1) is 0 Å². The molecule has 0 fully saturated rings. The number of aryl methyl sites for hydroxylation is 2. The van der Waals surface area contributed by atoms with Crippen molar-refractivity contribution in [3.8, 4) is 0 Å². The van der Waals surface area contributed by atoms with Crippen LogP contribution >= 0.6 is 11.6 Å². The molecule has 7 heteroatoms. The number of hydrogen-bond acceptors (Lipinski definition) is 4. The molecule has 2 rings (SSSR count). The van der Waals surface area contributed by atoms with Crippen molar-refractivity contribution in [2.24, 2.45) is 7.05 Å². The van der Waals surface area contributed by atoms with Crippen molar-refractivity contribution in [1.82, 2.24) is 9.78 Å². The van der Waals surface area contributed by atoms with Crippen LogP contribution in [-0.2, 0) is 23.3 Å². The fraction of sp³-hybridized carbons (Fsp3) is 0.250. The third-order valence-corrected chi connectivity index (χ3v) is 5.03. The average molecular weight is 300 g/mol. The number of anilines is 1. The second-order valence-corrected chi connectivity index (χ2v) is 6.69. The highest BCUT2D eigenvalue weighted by Gasteiger charge is 2.19. The molecule has 0 bridgehead atoms. The number of aromatic nitrogens is 2. The number of halogens is 1. The van der Waals surface area contributed by atoms with Crippen LogP contribution in [0.15, 0.2) is 35.4 Å². The molecule has 1 aromatic carbocycles. The van der Waals surface area contributed by atoms with Crippen LogP contribution in [0.4, 0.5) is 5.69 Å². The highest BCUT2D eigenvalue weighted by Crippen LogP contribution is 2.25. The summed E-state index contributed by atoms with van der Waals surface area (Å²) in [5, 5.41) is 4.19. The normalized spacial score (nSPS) is 11.7. The zero-order chi connectivity index (χ0) is 14.0. The summed E-state index contributed by atoms with van der Waals surface area (Å²) in [7, 11) is -1.69. The Labute approximate surface area is 116 Å². The molecule has 5 nitrogen and oxygen atoms in total. The summed E-state index contributed by atoms with van der Waals surface area (Å²) in [5.74, 6) is -0.0320. The maximum absolute atomic E-state index is 12.2. The molecule has 1 aromatic heterocycles. The SMILES string of the molecule is Cn1nccc1CCS(=O)(=O)c1cc(N)ccc1Cl. The molecule has 0 aliphatic carbocycles. The van der Waals surface area contributed by atoms with Crippen LogP contribution < -0.4 is 5.73 Å². The number of nitrogens with zero attached hydrogens (tertiary/aromatic N) is 2. The first-order valence-corrected chi connectivity index (χ1v) is 7.68. The molecule has 0 amide bonds. The number of nitrogen functional groups attached to an aromatic ring is 1. The van der Waals surface area contributed by atoms with Gasteiger partial charge in [-0.15, -0.1) is 0 Å². The second-order valence-electron chi connectivity index (χ2n) is 4.20. The first kappa shape index (κ1) is 13.9. The van der Waals surface area contributed by atoms with Gasteiger partial charge in [0.2, 0.25) is 0 Å². The number of nitrogens with two attached hydrogens (primary N) is 1. The van der Waals surface area contributed by atoms with E-state index in [1.165, 1.54) is 12.1 Å². The fourth-order valence-corrected chi connectivity index (χ4v) is 3.60. The van der Waals surface area contributed by atoms with Crippen molar-refractivity contribution in [2.75, 3.05) is 11.5 Å². The van der Waals surface area contributed by atoms with Crippen LogP contribution in [0.2, 0.25) is 5.02 Å². The quantitative estimate of drug-likeness (QED) is 0.871. The van der Waals surface area contributed by atoms with Gasteiger partial charge in [0.15, 0.2) is 9.84 Å². The molecule has 0 aliphatic rings. The van der Waals surface area contributed by atoms with Gasteiger partial charge in [0.05, 0.1) is 15.7 Å². The molecular weight excluding hydrogens is 286 g/mol. The standard InChI is InChI=1S/C12H14ClN3O2S/c1-16-10(4-6-15-16)5-7-19(17,18)12-8-9(14)2-3-11(12)13/h2-4,6,8H,5,7,14H2,1H3. The molecule has 0 aliphatic heterocycles. The molecule has 0 atom stereocenters. The van der Waals surface area contributed by atoms with Crippen molar-refractivity contribution in [2.45, 2.75) is 11.3 Å². The Morgan fingerprint density at radius 1 is 1.37 bits per heavy atom. The predicted octanol–water partition coefficient (Wildman–Crippen LogP) is 1.67. The maximum atomic E-state index is 12.2. The van der Waals surface area contributed by atoms with Gasteiger partial charge in [-0.05, 0) is 24.3 Å². The minimum atomic E-state index is -3.46. The van der Waals surface area contributed by atoms with Gasteiger partial charge in [0, 0.05) is 31.0 Å². The number of sulfone groups is 1. The lowest BCUT2D eigenvalue weighted by molar-refractivity contribution is 0.594. The summed E-state index contributed by atoms with van der Waals surface area (Å²) in [6.07, 6.45) is 2.01. The van der Waals surface area contributed by atoms with E-state index < -0.39 is 9.84 Å². The molecule has 0 spiro atoms. The minimum Gasteiger partial charge on any atom is -0.399 e. The molecule has 19 heavy (non-hydrogen) atoms. The monoisotopic (exact) mass is 299 g/mol. The predicted molar refractivity (Wildman–Crippen MR) is 74.8 cm³/mol. The highest BCUT2D eigenvalue weighted by molar-refractivity contribution is 7.91. The van der Waals surface area contributed by atoms with E-state index >= 15 is 0 Å². The first-order chi connectivity index (χ1) is 8.90. The van der Waals surface area contributed by atoms with Gasteiger partial charge in [-0.1, -0.05) is 11.6 Å². The molecule has 0 unspecified atom stereocenters. The number of benzene rings is 1. The number of hydrogen-bond donors (Lipinski definition) is 1. The third kappa shape index (κ3) is 3.08. The van der Waals surface area contributed by atoms with E-state index in [1.54, 1.807) is 30.1 Å². The Balaban J connectivity index is 2.23. The van der Waals surface area contributed by atoms with Gasteiger partial charge >= 0.3 is 0 Å². The Bertz CT molecular complexity index is 695. The molecule has 2 aromatic rings. The van der Waals surface area contributed by atoms with Crippen molar-refractivity contribution >= 4 is 27.1 Å². The van der Waals surface area contributed by atoms with Gasteiger partial charge in [-0.2, -0.15) is 5.10 Å². The smallest absolute Gasteiger partial charge is 0.180 e. The first-order valence-electron chi connectivity index (χ1n) is 5.65. The van der Waals surface area contributed by atoms with Gasteiger partial charge in [-0.25, -0.2) is 8.42 Å². The van der Waals surface area contributed by atoms with Crippen LogP contribution in [0.25, 0.3) is 0 Å². The third-order valence-electron chi connectivity index (χ3n) is 2.84. The van der Waals surface area contributed by atoms with Crippen LogP contribution in [0.5, 0.6) is 0 Å². The van der Waals surface area contributed by atoms with E-state index in [0.29, 0.717) is 12.1 Å². The number of rotatable bonds is 4. The zero-order valence-corrected chi connectivity index (χ0v) is 11.9. The van der Waals surface area contributed by atoms with Crippen molar-refractivity contribution < 1.29 is 8.42 Å². The van der Waals surface area contributed by atoms with Crippen LogP contribution in [0.3, 0.4) is 0 Å². The molecule has 0 radical (unpaired) electrons. The van der Waals surface area contributed by atoms with Gasteiger partial charge < -0.3 is 5.73 Å². The van der Waals surface area contributed by atoms with Gasteiger partial charge in [0.1, 0.15) is 0 Å². The van der Waals surface area contributed by atoms with Crippen LogP contribution in [0.1, 0.15) is 5.69 Å². The lowest BCUT2D eigenvalue weighted by atomic mass is 10.3. The Morgan fingerprint density at radius 3 is 2.74 bits per heavy atom. The Hall–Kier alpha value is -1.53. The van der Waals surface area contributed by atoms with E-state index in [2.05, 4.69) is 5.10 Å². The summed E-state index contributed by atoms with van der Waals surface area (Å²) in [6.45, 7) is 0. The average Bonchev–Trinajstić information content (AvgIpc) is 2.75. The largest absolute Gasteiger partial charge is 0.399 e. The molecule has 102 valence electrons. The minimum absolute atomic E-state index is 0.0320. The van der Waals surface area contributed by atoms with Crippen molar-refractivity contribution in [3.63, 3.8) is 0 Å². The van der Waals surface area contributed by atoms with E-state index in [0.717, 1.165) is 5.69 Å². The van der Waals surface area contributed by atoms with E-state index in [4.69, 9.17) is 17.3 Å². The summed E-state index contributed by atoms with van der Waals surface area (Å²) < 4.78 is 26.1. The fourth-order valence-electron chi connectivity index (χ4n) is 1.75. The van der Waals surface area contributed by atoms with E-state index in [-0.39, 0.29) is 15.7 Å². The lowest BCUT2D eigenvalue weighted by Gasteiger charge is -2.07. The van der Waals surface area contributed by atoms with Gasteiger partial charge in [-0.3, -0.25) is 4.68 Å². The van der Waals surface area contributed by atoms with Gasteiger partial charge in [0.25, 0.3) is 0 Å². The molecule has 0 saturated heterocycles. The Kier molecular flexibility index (Phi) is 3.82.